The van der Waals surface area contributed by atoms with E-state index in [4.69, 9.17) is 5.53 Å². The molecule has 2 rings (SSSR count). The molecule has 1 saturated heterocycles. The summed E-state index contributed by atoms with van der Waals surface area (Å²) in [6, 6.07) is -0.731. The second-order valence-corrected chi connectivity index (χ2v) is 3.61. The minimum atomic E-state index is -2.52. The Kier molecular flexibility index (Phi) is 1.89. The zero-order valence-electron chi connectivity index (χ0n) is 6.95. The van der Waals surface area contributed by atoms with Gasteiger partial charge in [-0.3, -0.25) is 0 Å². The first-order valence-corrected chi connectivity index (χ1v) is 4.31. The lowest BCUT2D eigenvalue weighted by Gasteiger charge is -2.19. The number of halogens is 2. The average Bonchev–Trinajstić information content (AvgIpc) is 2.66. The molecular weight excluding hydrogens is 178 g/mol. The van der Waals surface area contributed by atoms with Crippen molar-refractivity contribution in [1.82, 2.24) is 5.32 Å². The molecule has 0 bridgehead atoms. The monoisotopic (exact) mass is 188 g/mol. The van der Waals surface area contributed by atoms with Crippen molar-refractivity contribution in [3.63, 3.8) is 0 Å². The highest BCUT2D eigenvalue weighted by atomic mass is 19.3. The quantitative estimate of drug-likeness (QED) is 0.400. The molecule has 13 heavy (non-hydrogen) atoms. The van der Waals surface area contributed by atoms with Crippen LogP contribution in [0.5, 0.6) is 0 Å². The van der Waals surface area contributed by atoms with Crippen LogP contribution >= 0.6 is 0 Å². The zero-order valence-corrected chi connectivity index (χ0v) is 6.95. The van der Waals surface area contributed by atoms with Gasteiger partial charge in [0.05, 0.1) is 6.04 Å². The summed E-state index contributed by atoms with van der Waals surface area (Å²) in [5.74, 6) is -3.00. The van der Waals surface area contributed by atoms with Crippen molar-refractivity contribution in [1.29, 1.82) is 0 Å². The third kappa shape index (κ3) is 1.36. The Labute approximate surface area is 73.9 Å². The highest BCUT2D eigenvalue weighted by Crippen LogP contribution is 2.53. The first-order valence-electron chi connectivity index (χ1n) is 4.31. The van der Waals surface area contributed by atoms with Gasteiger partial charge in [0.25, 0.3) is 5.92 Å². The Morgan fingerprint density at radius 1 is 1.54 bits per heavy atom. The molecule has 2 aliphatic rings. The summed E-state index contributed by atoms with van der Waals surface area (Å²) in [6.07, 6.45) is 1.21. The Morgan fingerprint density at radius 2 is 2.31 bits per heavy atom. The first-order chi connectivity index (χ1) is 6.16. The third-order valence-corrected chi connectivity index (χ3v) is 2.81. The lowest BCUT2D eigenvalue weighted by atomic mass is 10.1. The van der Waals surface area contributed by atoms with Crippen LogP contribution in [0.15, 0.2) is 5.11 Å². The number of nitrogens with zero attached hydrogens (tertiary/aromatic N) is 3. The van der Waals surface area contributed by atoms with Gasteiger partial charge in [-0.05, 0) is 18.4 Å². The molecule has 0 aromatic carbocycles. The summed E-state index contributed by atoms with van der Waals surface area (Å²) in [6.45, 7) is 0.274. The Balaban J connectivity index is 1.89. The second kappa shape index (κ2) is 2.82. The maximum Gasteiger partial charge on any atom is 0.268 e. The molecule has 72 valence electrons. The molecule has 0 radical (unpaired) electrons. The number of piperidine rings is 1. The molecule has 6 heteroatoms. The molecule has 2 fully saturated rings. The molecule has 3 atom stereocenters. The normalized spacial score (nSPS) is 40.3. The van der Waals surface area contributed by atoms with Crippen LogP contribution in [0.25, 0.3) is 10.4 Å². The molecule has 2 unspecified atom stereocenters. The number of hydrogen-bond acceptors (Lipinski definition) is 2. The van der Waals surface area contributed by atoms with Gasteiger partial charge in [-0.2, -0.15) is 0 Å². The summed E-state index contributed by atoms with van der Waals surface area (Å²) >= 11 is 0. The van der Waals surface area contributed by atoms with Crippen LogP contribution < -0.4 is 5.32 Å². The van der Waals surface area contributed by atoms with E-state index in [2.05, 4.69) is 15.3 Å². The molecular formula is C7H10F2N4. The highest BCUT2D eigenvalue weighted by molar-refractivity contribution is 5.14. The predicted octanol–water partition coefficient (Wildman–Crippen LogP) is 1.68. The van der Waals surface area contributed by atoms with Crippen molar-refractivity contribution >= 4 is 0 Å². The van der Waals surface area contributed by atoms with Gasteiger partial charge in [0.1, 0.15) is 0 Å². The van der Waals surface area contributed by atoms with Gasteiger partial charge >= 0.3 is 0 Å². The summed E-state index contributed by atoms with van der Waals surface area (Å²) in [5, 5.41) is 6.17. The molecule has 1 N–H and O–H groups in total. The maximum absolute atomic E-state index is 12.8. The molecule has 1 aliphatic carbocycles. The topological polar surface area (TPSA) is 60.8 Å². The number of azide groups is 1. The molecule has 0 aromatic rings. The van der Waals surface area contributed by atoms with Crippen molar-refractivity contribution in [2.45, 2.75) is 30.8 Å². The van der Waals surface area contributed by atoms with Gasteiger partial charge in [-0.1, -0.05) is 5.11 Å². The van der Waals surface area contributed by atoms with E-state index in [9.17, 15) is 8.78 Å². The summed E-state index contributed by atoms with van der Waals surface area (Å²) in [5.41, 5.74) is 8.06. The molecule has 1 heterocycles. The first kappa shape index (κ1) is 8.72. The fraction of sp³-hybridized carbons (Fsp3) is 1.00. The Morgan fingerprint density at radius 3 is 2.92 bits per heavy atom. The number of rotatable bonds is 2. The van der Waals surface area contributed by atoms with Crippen molar-refractivity contribution in [2.75, 3.05) is 6.54 Å². The molecule has 0 spiro atoms. The van der Waals surface area contributed by atoms with E-state index in [1.807, 2.05) is 0 Å². The molecule has 1 saturated carbocycles. The minimum Gasteiger partial charge on any atom is -0.305 e. The van der Waals surface area contributed by atoms with Gasteiger partial charge in [-0.15, -0.1) is 0 Å². The Bertz CT molecular complexity index is 261. The van der Waals surface area contributed by atoms with Gasteiger partial charge < -0.3 is 5.32 Å². The van der Waals surface area contributed by atoms with Gasteiger partial charge in [0, 0.05) is 23.4 Å². The van der Waals surface area contributed by atoms with Crippen LogP contribution in [-0.2, 0) is 0 Å². The molecule has 0 aromatic heterocycles. The van der Waals surface area contributed by atoms with E-state index in [1.54, 1.807) is 0 Å². The largest absolute Gasteiger partial charge is 0.305 e. The number of fused-ring (bicyclic) bond motifs is 1. The van der Waals surface area contributed by atoms with E-state index in [1.165, 1.54) is 0 Å². The van der Waals surface area contributed by atoms with Crippen molar-refractivity contribution in [3.05, 3.63) is 10.4 Å². The summed E-state index contributed by atoms with van der Waals surface area (Å²) in [7, 11) is 0. The van der Waals surface area contributed by atoms with Crippen LogP contribution in [0.4, 0.5) is 8.78 Å². The van der Waals surface area contributed by atoms with Crippen LogP contribution in [0.3, 0.4) is 0 Å². The van der Waals surface area contributed by atoms with Crippen molar-refractivity contribution in [2.24, 2.45) is 11.0 Å². The average molecular weight is 188 g/mol. The second-order valence-electron chi connectivity index (χ2n) is 3.61. The minimum absolute atomic E-state index is 0.0643. The maximum atomic E-state index is 12.8. The zero-order chi connectivity index (χ0) is 9.47. The van der Waals surface area contributed by atoms with Crippen molar-refractivity contribution in [3.8, 4) is 0 Å². The van der Waals surface area contributed by atoms with E-state index in [0.717, 1.165) is 0 Å². The van der Waals surface area contributed by atoms with Crippen LogP contribution in [0.2, 0.25) is 0 Å². The fourth-order valence-electron chi connectivity index (χ4n) is 1.97. The predicted molar refractivity (Wildman–Crippen MR) is 42.4 cm³/mol. The highest BCUT2D eigenvalue weighted by Gasteiger charge is 2.69. The Hall–Kier alpha value is -0.870. The van der Waals surface area contributed by atoms with Crippen molar-refractivity contribution < 1.29 is 8.78 Å². The van der Waals surface area contributed by atoms with Gasteiger partial charge in [0.15, 0.2) is 0 Å². The molecule has 0 amide bonds. The SMILES string of the molecule is [N-]=[N+]=NC[C@@H]1CCC2C(N1)C2(F)F. The summed E-state index contributed by atoms with van der Waals surface area (Å²) in [4.78, 5) is 2.60. The van der Waals surface area contributed by atoms with E-state index in [0.29, 0.717) is 12.8 Å². The van der Waals surface area contributed by atoms with Gasteiger partial charge in [-0.25, -0.2) is 8.78 Å². The third-order valence-electron chi connectivity index (χ3n) is 2.81. The van der Waals surface area contributed by atoms with E-state index in [-0.39, 0.29) is 12.6 Å². The summed E-state index contributed by atoms with van der Waals surface area (Å²) < 4.78 is 25.7. The number of alkyl halides is 2. The number of nitrogens with one attached hydrogen (secondary N) is 1. The van der Waals surface area contributed by atoms with Crippen LogP contribution in [0.1, 0.15) is 12.8 Å². The number of hydrogen-bond donors (Lipinski definition) is 1. The lowest BCUT2D eigenvalue weighted by molar-refractivity contribution is 0.0916. The smallest absolute Gasteiger partial charge is 0.268 e. The van der Waals surface area contributed by atoms with Crippen LogP contribution in [0, 0.1) is 5.92 Å². The molecule has 1 aliphatic heterocycles. The molecule has 4 nitrogen and oxygen atoms in total. The van der Waals surface area contributed by atoms with Gasteiger partial charge in [0.2, 0.25) is 0 Å². The fourth-order valence-corrected chi connectivity index (χ4v) is 1.97. The lowest BCUT2D eigenvalue weighted by Crippen LogP contribution is -2.38. The van der Waals surface area contributed by atoms with E-state index < -0.39 is 17.9 Å². The van der Waals surface area contributed by atoms with Crippen LogP contribution in [-0.4, -0.2) is 24.6 Å². The standard InChI is InChI=1S/C7H10F2N4/c8-7(9)5-2-1-4(3-11-13-10)12-6(5)7/h4-6,12H,1-3H2/t4-,5?,6?/m0/s1. The van der Waals surface area contributed by atoms with E-state index >= 15 is 0 Å².